The number of nitrogens with one attached hydrogen (secondary N) is 2. The number of hydrogen-bond donors (Lipinski definition) is 2. The van der Waals surface area contributed by atoms with Crippen molar-refractivity contribution in [3.63, 3.8) is 0 Å². The van der Waals surface area contributed by atoms with Gasteiger partial charge in [0.05, 0.1) is 0 Å². The van der Waals surface area contributed by atoms with E-state index in [1.54, 1.807) is 6.07 Å². The van der Waals surface area contributed by atoms with Crippen molar-refractivity contribution in [2.75, 3.05) is 19.6 Å². The van der Waals surface area contributed by atoms with Gasteiger partial charge in [-0.25, -0.2) is 4.79 Å². The molecule has 2 amide bonds. The SMILES string of the molecule is O=C(NC1CC1)N[C@H]1CCc2c(ccc(=O)n2CCN2CCCC2)C1. The van der Waals surface area contributed by atoms with Crippen LogP contribution in [0.5, 0.6) is 0 Å². The van der Waals surface area contributed by atoms with Gasteiger partial charge in [-0.2, -0.15) is 0 Å². The quantitative estimate of drug-likeness (QED) is 0.845. The molecule has 1 saturated heterocycles. The molecule has 25 heavy (non-hydrogen) atoms. The van der Waals surface area contributed by atoms with Gasteiger partial charge >= 0.3 is 6.03 Å². The number of fused-ring (bicyclic) bond motifs is 1. The smallest absolute Gasteiger partial charge is 0.315 e. The van der Waals surface area contributed by atoms with Crippen LogP contribution in [0.1, 0.15) is 43.4 Å². The lowest BCUT2D eigenvalue weighted by Crippen LogP contribution is -2.46. The van der Waals surface area contributed by atoms with Gasteiger partial charge in [0, 0.05) is 36.9 Å². The van der Waals surface area contributed by atoms with Gasteiger partial charge in [0.2, 0.25) is 0 Å². The molecule has 0 aromatic carbocycles. The molecular formula is C19H28N4O2. The molecule has 1 aromatic heterocycles. The van der Waals surface area contributed by atoms with Crippen LogP contribution in [0.25, 0.3) is 0 Å². The second kappa shape index (κ2) is 7.20. The molecule has 1 aliphatic heterocycles. The van der Waals surface area contributed by atoms with Crippen LogP contribution in [0.2, 0.25) is 0 Å². The van der Waals surface area contributed by atoms with Crippen molar-refractivity contribution in [2.45, 2.75) is 63.6 Å². The first-order chi connectivity index (χ1) is 12.2. The first-order valence-corrected chi connectivity index (χ1v) is 9.70. The van der Waals surface area contributed by atoms with E-state index in [1.807, 2.05) is 10.6 Å². The van der Waals surface area contributed by atoms with Crippen LogP contribution in [0.4, 0.5) is 4.79 Å². The maximum absolute atomic E-state index is 12.3. The van der Waals surface area contributed by atoms with E-state index in [-0.39, 0.29) is 17.6 Å². The van der Waals surface area contributed by atoms with Crippen molar-refractivity contribution < 1.29 is 4.79 Å². The van der Waals surface area contributed by atoms with Crippen LogP contribution in [0.3, 0.4) is 0 Å². The van der Waals surface area contributed by atoms with Gasteiger partial charge in [-0.15, -0.1) is 0 Å². The Morgan fingerprint density at radius 3 is 2.56 bits per heavy atom. The number of aromatic nitrogens is 1. The summed E-state index contributed by atoms with van der Waals surface area (Å²) >= 11 is 0. The van der Waals surface area contributed by atoms with Gasteiger partial charge in [-0.05, 0) is 63.6 Å². The number of hydrogen-bond acceptors (Lipinski definition) is 3. The Kier molecular flexibility index (Phi) is 4.79. The van der Waals surface area contributed by atoms with E-state index in [4.69, 9.17) is 0 Å². The molecule has 0 bridgehead atoms. The molecule has 0 radical (unpaired) electrons. The number of rotatable bonds is 5. The summed E-state index contributed by atoms with van der Waals surface area (Å²) in [4.78, 5) is 26.8. The molecule has 0 spiro atoms. The predicted octanol–water partition coefficient (Wildman–Crippen LogP) is 1.26. The third kappa shape index (κ3) is 4.06. The fourth-order valence-corrected chi connectivity index (χ4v) is 4.08. The van der Waals surface area contributed by atoms with Crippen LogP contribution in [-0.4, -0.2) is 47.2 Å². The van der Waals surface area contributed by atoms with E-state index in [0.717, 1.165) is 58.3 Å². The van der Waals surface area contributed by atoms with Crippen molar-refractivity contribution >= 4 is 6.03 Å². The highest BCUT2D eigenvalue weighted by molar-refractivity contribution is 5.75. The number of pyridine rings is 1. The first-order valence-electron chi connectivity index (χ1n) is 9.70. The van der Waals surface area contributed by atoms with Crippen molar-refractivity contribution in [2.24, 2.45) is 0 Å². The van der Waals surface area contributed by atoms with E-state index < -0.39 is 0 Å². The van der Waals surface area contributed by atoms with E-state index in [1.165, 1.54) is 24.1 Å². The Balaban J connectivity index is 1.40. The van der Waals surface area contributed by atoms with Crippen molar-refractivity contribution in [1.82, 2.24) is 20.1 Å². The zero-order valence-corrected chi connectivity index (χ0v) is 14.8. The number of carbonyl (C=O) groups excluding carboxylic acids is 1. The minimum absolute atomic E-state index is 0.0432. The summed E-state index contributed by atoms with van der Waals surface area (Å²) in [6, 6.07) is 4.15. The molecule has 1 saturated carbocycles. The fourth-order valence-electron chi connectivity index (χ4n) is 4.08. The number of likely N-dealkylation sites (tertiary alicyclic amines) is 1. The van der Waals surface area contributed by atoms with E-state index in [2.05, 4.69) is 15.5 Å². The molecule has 2 N–H and O–H groups in total. The third-order valence-corrected chi connectivity index (χ3v) is 5.67. The lowest BCUT2D eigenvalue weighted by Gasteiger charge is -2.28. The van der Waals surface area contributed by atoms with E-state index >= 15 is 0 Å². The number of carbonyl (C=O) groups is 1. The second-order valence-electron chi connectivity index (χ2n) is 7.68. The topological polar surface area (TPSA) is 66.4 Å². The van der Waals surface area contributed by atoms with Gasteiger partial charge in [-0.3, -0.25) is 4.79 Å². The Labute approximate surface area is 148 Å². The van der Waals surface area contributed by atoms with Crippen LogP contribution in [0, 0.1) is 0 Å². The highest BCUT2D eigenvalue weighted by atomic mass is 16.2. The monoisotopic (exact) mass is 344 g/mol. The third-order valence-electron chi connectivity index (χ3n) is 5.67. The molecule has 1 aromatic rings. The minimum atomic E-state index is -0.0432. The lowest BCUT2D eigenvalue weighted by molar-refractivity contribution is 0.235. The Bertz CT molecular complexity index is 689. The Hall–Kier alpha value is -1.82. The molecule has 6 nitrogen and oxygen atoms in total. The standard InChI is InChI=1S/C19H28N4O2/c24-18-8-3-14-13-16(21-19(25)20-15-4-5-15)6-7-17(14)23(18)12-11-22-9-1-2-10-22/h3,8,15-16H,1-2,4-7,9-13H2,(H2,20,21,25)/t16-/m0/s1. The highest BCUT2D eigenvalue weighted by Crippen LogP contribution is 2.21. The summed E-state index contributed by atoms with van der Waals surface area (Å²) in [6.45, 7) is 4.06. The molecule has 2 fully saturated rings. The lowest BCUT2D eigenvalue weighted by atomic mass is 9.91. The fraction of sp³-hybridized carbons (Fsp3) is 0.684. The normalized spacial score (nSPS) is 23.3. The molecular weight excluding hydrogens is 316 g/mol. The Morgan fingerprint density at radius 1 is 1.04 bits per heavy atom. The van der Waals surface area contributed by atoms with Crippen molar-refractivity contribution in [3.8, 4) is 0 Å². The largest absolute Gasteiger partial charge is 0.335 e. The van der Waals surface area contributed by atoms with Gasteiger partial charge in [-0.1, -0.05) is 6.07 Å². The highest BCUT2D eigenvalue weighted by Gasteiger charge is 2.26. The molecule has 3 aliphatic rings. The number of urea groups is 1. The Morgan fingerprint density at radius 2 is 1.80 bits per heavy atom. The molecule has 4 rings (SSSR count). The summed E-state index contributed by atoms with van der Waals surface area (Å²) in [5.74, 6) is 0. The maximum atomic E-state index is 12.3. The minimum Gasteiger partial charge on any atom is -0.335 e. The zero-order chi connectivity index (χ0) is 17.2. The molecule has 2 heterocycles. The maximum Gasteiger partial charge on any atom is 0.315 e. The van der Waals surface area contributed by atoms with E-state index in [9.17, 15) is 9.59 Å². The number of amides is 2. The average molecular weight is 344 g/mol. The predicted molar refractivity (Wildman–Crippen MR) is 96.9 cm³/mol. The van der Waals surface area contributed by atoms with E-state index in [0.29, 0.717) is 6.04 Å². The average Bonchev–Trinajstić information content (AvgIpc) is 3.25. The van der Waals surface area contributed by atoms with Crippen LogP contribution >= 0.6 is 0 Å². The van der Waals surface area contributed by atoms with Crippen LogP contribution in [0.15, 0.2) is 16.9 Å². The summed E-state index contributed by atoms with van der Waals surface area (Å²) in [6.07, 6.45) is 7.33. The van der Waals surface area contributed by atoms with Gasteiger partial charge in [0.15, 0.2) is 0 Å². The molecule has 1 atom stereocenters. The molecule has 2 aliphatic carbocycles. The van der Waals surface area contributed by atoms with Crippen LogP contribution < -0.4 is 16.2 Å². The zero-order valence-electron chi connectivity index (χ0n) is 14.8. The molecule has 6 heteroatoms. The van der Waals surface area contributed by atoms with Crippen molar-refractivity contribution in [1.29, 1.82) is 0 Å². The summed E-state index contributed by atoms with van der Waals surface area (Å²) in [5, 5.41) is 6.08. The molecule has 136 valence electrons. The summed E-state index contributed by atoms with van der Waals surface area (Å²) < 4.78 is 1.97. The second-order valence-corrected chi connectivity index (χ2v) is 7.68. The van der Waals surface area contributed by atoms with Gasteiger partial charge in [0.25, 0.3) is 5.56 Å². The first kappa shape index (κ1) is 16.6. The van der Waals surface area contributed by atoms with Crippen LogP contribution in [-0.2, 0) is 19.4 Å². The number of nitrogens with zero attached hydrogens (tertiary/aromatic N) is 2. The molecule has 0 unspecified atom stereocenters. The van der Waals surface area contributed by atoms with Crippen molar-refractivity contribution in [3.05, 3.63) is 33.7 Å². The summed E-state index contributed by atoms with van der Waals surface area (Å²) in [7, 11) is 0. The van der Waals surface area contributed by atoms with Gasteiger partial charge < -0.3 is 20.1 Å². The van der Waals surface area contributed by atoms with Gasteiger partial charge in [0.1, 0.15) is 0 Å². The summed E-state index contributed by atoms with van der Waals surface area (Å²) in [5.41, 5.74) is 2.49.